The molecule has 0 aliphatic heterocycles. The number of carbonyl (C=O) groups excluding carboxylic acids is 1. The third kappa shape index (κ3) is 4.03. The van der Waals surface area contributed by atoms with Crippen LogP contribution in [0.1, 0.15) is 13.3 Å². The number of hydrogen-bond donors (Lipinski definition) is 1. The van der Waals surface area contributed by atoms with Crippen LogP contribution in [0, 0.1) is 0 Å². The highest BCUT2D eigenvalue weighted by Crippen LogP contribution is 2.29. The van der Waals surface area contributed by atoms with Gasteiger partial charge in [0.15, 0.2) is 6.10 Å². The number of amides is 1. The van der Waals surface area contributed by atoms with Crippen LogP contribution in [0.3, 0.4) is 0 Å². The van der Waals surface area contributed by atoms with E-state index >= 15 is 0 Å². The van der Waals surface area contributed by atoms with Crippen molar-refractivity contribution in [1.82, 2.24) is 4.98 Å². The van der Waals surface area contributed by atoms with Gasteiger partial charge in [0, 0.05) is 16.6 Å². The molecule has 1 heterocycles. The molecule has 0 saturated heterocycles. The average Bonchev–Trinajstić information content (AvgIpc) is 2.61. The van der Waals surface area contributed by atoms with Crippen LogP contribution in [-0.2, 0) is 4.79 Å². The molecule has 1 amide bonds. The Labute approximate surface area is 155 Å². The summed E-state index contributed by atoms with van der Waals surface area (Å²) in [6.07, 6.45) is 1.48. The second kappa shape index (κ2) is 7.72. The van der Waals surface area contributed by atoms with Gasteiger partial charge >= 0.3 is 0 Å². The molecule has 4 nitrogen and oxygen atoms in total. The van der Waals surface area contributed by atoms with Crippen LogP contribution in [0.5, 0.6) is 5.75 Å². The third-order valence-corrected chi connectivity index (χ3v) is 4.26. The Morgan fingerprint density at radius 1 is 1.20 bits per heavy atom. The van der Waals surface area contributed by atoms with Crippen molar-refractivity contribution in [1.29, 1.82) is 0 Å². The minimum atomic E-state index is -0.675. The van der Waals surface area contributed by atoms with Crippen molar-refractivity contribution in [3.05, 3.63) is 64.8 Å². The Kier molecular flexibility index (Phi) is 5.41. The van der Waals surface area contributed by atoms with Crippen LogP contribution >= 0.6 is 23.2 Å². The number of anilines is 1. The zero-order valence-corrected chi connectivity index (χ0v) is 15.0. The molecule has 1 N–H and O–H groups in total. The molecule has 2 aromatic carbocycles. The number of hydrogen-bond acceptors (Lipinski definition) is 3. The maximum absolute atomic E-state index is 12.6. The van der Waals surface area contributed by atoms with Gasteiger partial charge in [-0.1, -0.05) is 48.3 Å². The van der Waals surface area contributed by atoms with Gasteiger partial charge in [0.05, 0.1) is 16.2 Å². The van der Waals surface area contributed by atoms with E-state index in [1.165, 1.54) is 0 Å². The second-order valence-corrected chi connectivity index (χ2v) is 6.30. The summed E-state index contributed by atoms with van der Waals surface area (Å²) in [5, 5.41) is 4.67. The normalized spacial score (nSPS) is 12.0. The summed E-state index contributed by atoms with van der Waals surface area (Å²) in [6, 6.07) is 14.3. The predicted molar refractivity (Wildman–Crippen MR) is 102 cm³/mol. The fourth-order valence-electron chi connectivity index (χ4n) is 2.46. The number of aromatic nitrogens is 1. The highest BCUT2D eigenvalue weighted by Gasteiger charge is 2.20. The van der Waals surface area contributed by atoms with Crippen molar-refractivity contribution >= 4 is 45.7 Å². The first-order chi connectivity index (χ1) is 12.1. The van der Waals surface area contributed by atoms with Gasteiger partial charge in [0.1, 0.15) is 5.75 Å². The van der Waals surface area contributed by atoms with Gasteiger partial charge in [-0.2, -0.15) is 0 Å². The molecule has 1 aromatic heterocycles. The number of halogens is 2. The van der Waals surface area contributed by atoms with E-state index in [-0.39, 0.29) is 5.91 Å². The molecule has 1 unspecified atom stereocenters. The quantitative estimate of drug-likeness (QED) is 0.655. The van der Waals surface area contributed by atoms with Gasteiger partial charge in [-0.25, -0.2) is 0 Å². The van der Waals surface area contributed by atoms with E-state index in [0.29, 0.717) is 27.9 Å². The van der Waals surface area contributed by atoms with Crippen LogP contribution < -0.4 is 10.1 Å². The number of ether oxygens (including phenoxy) is 1. The molecule has 128 valence electrons. The van der Waals surface area contributed by atoms with Crippen LogP contribution in [0.2, 0.25) is 10.0 Å². The monoisotopic (exact) mass is 374 g/mol. The molecule has 0 aliphatic carbocycles. The molecule has 3 aromatic rings. The summed E-state index contributed by atoms with van der Waals surface area (Å²) in [5.74, 6) is 0.178. The SMILES string of the molecule is CCC(Oc1ccc(Cl)cc1Cl)C(=O)Nc1ccnc2ccccc12. The van der Waals surface area contributed by atoms with E-state index in [0.717, 1.165) is 10.9 Å². The lowest BCUT2D eigenvalue weighted by molar-refractivity contribution is -0.122. The van der Waals surface area contributed by atoms with Gasteiger partial charge in [0.25, 0.3) is 5.91 Å². The minimum Gasteiger partial charge on any atom is -0.479 e. The van der Waals surface area contributed by atoms with Crippen LogP contribution in [0.4, 0.5) is 5.69 Å². The highest BCUT2D eigenvalue weighted by atomic mass is 35.5. The van der Waals surface area contributed by atoms with Crippen molar-refractivity contribution in [2.24, 2.45) is 0 Å². The molecular weight excluding hydrogens is 359 g/mol. The van der Waals surface area contributed by atoms with Gasteiger partial charge in [0.2, 0.25) is 0 Å². The summed E-state index contributed by atoms with van der Waals surface area (Å²) in [7, 11) is 0. The molecule has 0 bridgehead atoms. The maximum atomic E-state index is 12.6. The summed E-state index contributed by atoms with van der Waals surface area (Å²) in [4.78, 5) is 16.9. The number of nitrogens with one attached hydrogen (secondary N) is 1. The predicted octanol–water partition coefficient (Wildman–Crippen LogP) is 5.34. The van der Waals surface area contributed by atoms with Gasteiger partial charge in [-0.05, 0) is 36.8 Å². The number of pyridine rings is 1. The van der Waals surface area contributed by atoms with Crippen molar-refractivity contribution in [3.8, 4) is 5.75 Å². The van der Waals surface area contributed by atoms with E-state index < -0.39 is 6.10 Å². The highest BCUT2D eigenvalue weighted by molar-refractivity contribution is 6.35. The first-order valence-electron chi connectivity index (χ1n) is 7.85. The first-order valence-corrected chi connectivity index (χ1v) is 8.60. The topological polar surface area (TPSA) is 51.2 Å². The van der Waals surface area contributed by atoms with Crippen molar-refractivity contribution in [2.75, 3.05) is 5.32 Å². The number of para-hydroxylation sites is 1. The van der Waals surface area contributed by atoms with Gasteiger partial charge in [-0.3, -0.25) is 9.78 Å². The number of rotatable bonds is 5. The summed E-state index contributed by atoms with van der Waals surface area (Å²) < 4.78 is 5.78. The molecule has 0 aliphatic rings. The lowest BCUT2D eigenvalue weighted by atomic mass is 10.1. The van der Waals surface area contributed by atoms with E-state index in [9.17, 15) is 4.79 Å². The van der Waals surface area contributed by atoms with Gasteiger partial charge < -0.3 is 10.1 Å². The first kappa shape index (κ1) is 17.5. The van der Waals surface area contributed by atoms with Crippen molar-refractivity contribution < 1.29 is 9.53 Å². The third-order valence-electron chi connectivity index (χ3n) is 3.73. The van der Waals surface area contributed by atoms with Gasteiger partial charge in [-0.15, -0.1) is 0 Å². The fourth-order valence-corrected chi connectivity index (χ4v) is 2.92. The van der Waals surface area contributed by atoms with Crippen LogP contribution in [-0.4, -0.2) is 17.0 Å². The molecule has 0 spiro atoms. The molecule has 6 heteroatoms. The Hall–Kier alpha value is -2.30. The van der Waals surface area contributed by atoms with E-state index in [2.05, 4.69) is 10.3 Å². The van der Waals surface area contributed by atoms with E-state index in [4.69, 9.17) is 27.9 Å². The Morgan fingerprint density at radius 2 is 2.00 bits per heavy atom. The summed E-state index contributed by atoms with van der Waals surface area (Å²) in [6.45, 7) is 1.87. The number of fused-ring (bicyclic) bond motifs is 1. The number of carbonyl (C=O) groups is 1. The molecule has 1 atom stereocenters. The summed E-state index contributed by atoms with van der Waals surface area (Å²) in [5.41, 5.74) is 1.51. The Balaban J connectivity index is 1.80. The average molecular weight is 375 g/mol. The molecule has 0 saturated carbocycles. The molecule has 3 rings (SSSR count). The van der Waals surface area contributed by atoms with Crippen LogP contribution in [0.25, 0.3) is 10.9 Å². The minimum absolute atomic E-state index is 0.245. The summed E-state index contributed by atoms with van der Waals surface area (Å²) >= 11 is 12.0. The molecule has 25 heavy (non-hydrogen) atoms. The molecular formula is C19H16Cl2N2O2. The molecule has 0 fully saturated rings. The second-order valence-electron chi connectivity index (χ2n) is 5.45. The number of benzene rings is 2. The van der Waals surface area contributed by atoms with Crippen molar-refractivity contribution in [3.63, 3.8) is 0 Å². The lowest BCUT2D eigenvalue weighted by Crippen LogP contribution is -2.32. The Bertz CT molecular complexity index is 910. The van der Waals surface area contributed by atoms with E-state index in [1.807, 2.05) is 31.2 Å². The smallest absolute Gasteiger partial charge is 0.265 e. The Morgan fingerprint density at radius 3 is 2.76 bits per heavy atom. The standard InChI is InChI=1S/C19H16Cl2N2O2/c1-2-17(25-18-8-7-12(20)11-14(18)21)19(24)23-16-9-10-22-15-6-4-3-5-13(15)16/h3-11,17H,2H2,1H3,(H,22,23,24). The zero-order chi connectivity index (χ0) is 17.8. The number of nitrogens with zero attached hydrogens (tertiary/aromatic N) is 1. The maximum Gasteiger partial charge on any atom is 0.265 e. The van der Waals surface area contributed by atoms with Crippen molar-refractivity contribution in [2.45, 2.75) is 19.4 Å². The van der Waals surface area contributed by atoms with E-state index in [1.54, 1.807) is 30.5 Å². The zero-order valence-electron chi connectivity index (χ0n) is 13.5. The largest absolute Gasteiger partial charge is 0.479 e. The fraction of sp³-hybridized carbons (Fsp3) is 0.158. The van der Waals surface area contributed by atoms with Crippen LogP contribution in [0.15, 0.2) is 54.7 Å². The lowest BCUT2D eigenvalue weighted by Gasteiger charge is -2.18. The molecule has 0 radical (unpaired) electrons.